The average Bonchev–Trinajstić information content (AvgIpc) is 2.38. The van der Waals surface area contributed by atoms with Gasteiger partial charge in [-0.05, 0) is 12.5 Å². The fourth-order valence-electron chi connectivity index (χ4n) is 2.19. The standard InChI is InChI=1S/C11H11NO4/c1-5-9-7(4-8(14)16-11(9)15)12(3)10(5)6(2)13/h4H2,1-3H3. The highest BCUT2D eigenvalue weighted by Gasteiger charge is 2.32. The van der Waals surface area contributed by atoms with Gasteiger partial charge in [-0.2, -0.15) is 0 Å². The van der Waals surface area contributed by atoms with Gasteiger partial charge < -0.3 is 9.30 Å². The molecule has 1 aliphatic rings. The number of ether oxygens (including phenoxy) is 1. The zero-order valence-electron chi connectivity index (χ0n) is 9.29. The van der Waals surface area contributed by atoms with Crippen LogP contribution in [0.5, 0.6) is 0 Å². The number of Topliss-reactive ketones (excluding diaryl/α,β-unsaturated/α-hetero) is 1. The molecule has 16 heavy (non-hydrogen) atoms. The maximum Gasteiger partial charge on any atom is 0.347 e. The lowest BCUT2D eigenvalue weighted by Gasteiger charge is -2.12. The van der Waals surface area contributed by atoms with Crippen LogP contribution in [0.2, 0.25) is 0 Å². The molecule has 0 spiro atoms. The first kappa shape index (κ1) is 10.6. The molecule has 0 fully saturated rings. The number of aromatic nitrogens is 1. The third kappa shape index (κ3) is 1.28. The Morgan fingerprint density at radius 2 is 2.00 bits per heavy atom. The molecule has 1 aromatic rings. The summed E-state index contributed by atoms with van der Waals surface area (Å²) in [6.07, 6.45) is 0.0334. The van der Waals surface area contributed by atoms with E-state index in [2.05, 4.69) is 4.74 Å². The van der Waals surface area contributed by atoms with Crippen molar-refractivity contribution in [3.63, 3.8) is 0 Å². The van der Waals surface area contributed by atoms with Crippen LogP contribution in [0.3, 0.4) is 0 Å². The molecule has 0 saturated carbocycles. The van der Waals surface area contributed by atoms with E-state index in [9.17, 15) is 14.4 Å². The van der Waals surface area contributed by atoms with Gasteiger partial charge in [0.1, 0.15) is 0 Å². The van der Waals surface area contributed by atoms with Gasteiger partial charge in [-0.15, -0.1) is 0 Å². The summed E-state index contributed by atoms with van der Waals surface area (Å²) in [5, 5.41) is 0. The number of rotatable bonds is 1. The smallest absolute Gasteiger partial charge is 0.347 e. The summed E-state index contributed by atoms with van der Waals surface area (Å²) in [6, 6.07) is 0. The summed E-state index contributed by atoms with van der Waals surface area (Å²) >= 11 is 0. The molecule has 1 aromatic heterocycles. The third-order valence-electron chi connectivity index (χ3n) is 2.81. The molecule has 5 heteroatoms. The maximum absolute atomic E-state index is 11.5. The molecule has 1 aliphatic heterocycles. The molecule has 5 nitrogen and oxygen atoms in total. The minimum absolute atomic E-state index is 0.0334. The number of esters is 2. The number of carbonyl (C=O) groups excluding carboxylic acids is 3. The second kappa shape index (κ2) is 3.30. The zero-order valence-corrected chi connectivity index (χ0v) is 9.29. The second-order valence-electron chi connectivity index (χ2n) is 3.85. The first-order valence-electron chi connectivity index (χ1n) is 4.87. The van der Waals surface area contributed by atoms with Crippen molar-refractivity contribution in [1.29, 1.82) is 0 Å². The number of carbonyl (C=O) groups is 3. The van der Waals surface area contributed by atoms with Crippen LogP contribution in [0, 0.1) is 6.92 Å². The van der Waals surface area contributed by atoms with Crippen LogP contribution >= 0.6 is 0 Å². The van der Waals surface area contributed by atoms with Gasteiger partial charge in [0.25, 0.3) is 0 Å². The van der Waals surface area contributed by atoms with Crippen molar-refractivity contribution in [3.8, 4) is 0 Å². The monoisotopic (exact) mass is 221 g/mol. The Kier molecular flexibility index (Phi) is 2.18. The minimum Gasteiger partial charge on any atom is -0.389 e. The Balaban J connectivity index is 2.74. The van der Waals surface area contributed by atoms with E-state index < -0.39 is 11.9 Å². The number of hydrogen-bond donors (Lipinski definition) is 0. The van der Waals surface area contributed by atoms with Gasteiger partial charge in [0.05, 0.1) is 17.7 Å². The number of cyclic esters (lactones) is 2. The summed E-state index contributed by atoms with van der Waals surface area (Å²) in [4.78, 5) is 34.1. The molecule has 0 radical (unpaired) electrons. The number of hydrogen-bond acceptors (Lipinski definition) is 4. The fourth-order valence-corrected chi connectivity index (χ4v) is 2.19. The van der Waals surface area contributed by atoms with E-state index >= 15 is 0 Å². The van der Waals surface area contributed by atoms with Gasteiger partial charge in [0.2, 0.25) is 0 Å². The van der Waals surface area contributed by atoms with E-state index in [-0.39, 0.29) is 12.2 Å². The Labute approximate surface area is 92.0 Å². The van der Waals surface area contributed by atoms with Crippen molar-refractivity contribution in [2.24, 2.45) is 7.05 Å². The van der Waals surface area contributed by atoms with Crippen LogP contribution in [0.25, 0.3) is 0 Å². The predicted octanol–water partition coefficient (Wildman–Crippen LogP) is 0.776. The Bertz CT molecular complexity index is 525. The van der Waals surface area contributed by atoms with Gasteiger partial charge in [0.15, 0.2) is 5.78 Å². The summed E-state index contributed by atoms with van der Waals surface area (Å²) in [5.74, 6) is -1.37. The molecule has 0 aliphatic carbocycles. The molecule has 0 bridgehead atoms. The normalized spacial score (nSPS) is 14.7. The Morgan fingerprint density at radius 1 is 1.38 bits per heavy atom. The van der Waals surface area contributed by atoms with Crippen molar-refractivity contribution < 1.29 is 19.1 Å². The highest BCUT2D eigenvalue weighted by atomic mass is 16.6. The molecule has 0 aromatic carbocycles. The number of fused-ring (bicyclic) bond motifs is 1. The quantitative estimate of drug-likeness (QED) is 0.399. The summed E-state index contributed by atoms with van der Waals surface area (Å²) < 4.78 is 6.14. The topological polar surface area (TPSA) is 65.4 Å². The molecule has 2 heterocycles. The van der Waals surface area contributed by atoms with Crippen molar-refractivity contribution in [1.82, 2.24) is 4.57 Å². The molecule has 2 rings (SSSR count). The number of ketones is 1. The Hall–Kier alpha value is -1.91. The lowest BCUT2D eigenvalue weighted by molar-refractivity contribution is -0.137. The largest absolute Gasteiger partial charge is 0.389 e. The lowest BCUT2D eigenvalue weighted by Crippen LogP contribution is -2.24. The summed E-state index contributed by atoms with van der Waals surface area (Å²) in [7, 11) is 1.68. The van der Waals surface area contributed by atoms with Crippen LogP contribution < -0.4 is 0 Å². The molecule has 0 amide bonds. The van der Waals surface area contributed by atoms with Gasteiger partial charge in [-0.3, -0.25) is 9.59 Å². The molecule has 0 saturated heterocycles. The highest BCUT2D eigenvalue weighted by Crippen LogP contribution is 2.26. The molecule has 84 valence electrons. The van der Waals surface area contributed by atoms with Crippen LogP contribution in [-0.4, -0.2) is 22.3 Å². The van der Waals surface area contributed by atoms with Crippen molar-refractivity contribution in [2.75, 3.05) is 0 Å². The van der Waals surface area contributed by atoms with E-state index in [1.165, 1.54) is 6.92 Å². The molecular formula is C11H11NO4. The fraction of sp³-hybridized carbons (Fsp3) is 0.364. The Morgan fingerprint density at radius 3 is 2.56 bits per heavy atom. The first-order chi connectivity index (χ1) is 7.43. The first-order valence-corrected chi connectivity index (χ1v) is 4.87. The van der Waals surface area contributed by atoms with Crippen molar-refractivity contribution in [3.05, 3.63) is 22.5 Å². The van der Waals surface area contributed by atoms with Crippen molar-refractivity contribution in [2.45, 2.75) is 20.3 Å². The van der Waals surface area contributed by atoms with Crippen LogP contribution in [0.15, 0.2) is 0 Å². The van der Waals surface area contributed by atoms with E-state index in [1.807, 2.05) is 0 Å². The lowest BCUT2D eigenvalue weighted by atomic mass is 10.1. The summed E-state index contributed by atoms with van der Waals surface area (Å²) in [5.41, 5.74) is 1.95. The average molecular weight is 221 g/mol. The zero-order chi connectivity index (χ0) is 12.0. The predicted molar refractivity (Wildman–Crippen MR) is 54.3 cm³/mol. The van der Waals surface area contributed by atoms with Gasteiger partial charge >= 0.3 is 11.9 Å². The van der Waals surface area contributed by atoms with Gasteiger partial charge in [0, 0.05) is 19.7 Å². The highest BCUT2D eigenvalue weighted by molar-refractivity contribution is 6.06. The van der Waals surface area contributed by atoms with Crippen LogP contribution in [0.1, 0.15) is 39.0 Å². The summed E-state index contributed by atoms with van der Waals surface area (Å²) in [6.45, 7) is 3.12. The molecule has 0 unspecified atom stereocenters. The van der Waals surface area contributed by atoms with Gasteiger partial charge in [-0.1, -0.05) is 0 Å². The third-order valence-corrected chi connectivity index (χ3v) is 2.81. The maximum atomic E-state index is 11.5. The molecular weight excluding hydrogens is 210 g/mol. The van der Waals surface area contributed by atoms with Crippen LogP contribution in [0.4, 0.5) is 0 Å². The van der Waals surface area contributed by atoms with Gasteiger partial charge in [-0.25, -0.2) is 4.79 Å². The van der Waals surface area contributed by atoms with E-state index in [4.69, 9.17) is 0 Å². The molecule has 0 N–H and O–H groups in total. The second-order valence-corrected chi connectivity index (χ2v) is 3.85. The van der Waals surface area contributed by atoms with E-state index in [0.717, 1.165) is 0 Å². The van der Waals surface area contributed by atoms with Crippen LogP contribution in [-0.2, 0) is 23.0 Å². The van der Waals surface area contributed by atoms with E-state index in [1.54, 1.807) is 18.5 Å². The SMILES string of the molecule is CC(=O)c1c(C)c2c(n1C)CC(=O)OC2=O. The van der Waals surface area contributed by atoms with Crippen molar-refractivity contribution >= 4 is 17.7 Å². The van der Waals surface area contributed by atoms with E-state index in [0.29, 0.717) is 22.5 Å². The minimum atomic E-state index is -0.660. The number of nitrogens with zero attached hydrogens (tertiary/aromatic N) is 1. The molecule has 0 atom stereocenters.